The molecule has 1 aromatic heterocycles. The summed E-state index contributed by atoms with van der Waals surface area (Å²) in [6.07, 6.45) is 2.86. The molecule has 0 bridgehead atoms. The lowest BCUT2D eigenvalue weighted by Crippen LogP contribution is -2.45. The summed E-state index contributed by atoms with van der Waals surface area (Å²) in [5.41, 5.74) is 6.43. The quantitative estimate of drug-likeness (QED) is 0.802. The lowest BCUT2D eigenvalue weighted by atomic mass is 9.81. The molecule has 98 valence electrons. The molecule has 0 aliphatic heterocycles. The number of hydrogen-bond donors (Lipinski definition) is 2. The number of pyridine rings is 1. The fourth-order valence-electron chi connectivity index (χ4n) is 1.89. The van der Waals surface area contributed by atoms with Crippen molar-refractivity contribution in [2.75, 3.05) is 5.32 Å². The van der Waals surface area contributed by atoms with Crippen LogP contribution in [0, 0.1) is 12.3 Å². The number of nitrogens with zero attached hydrogens (tertiary/aromatic N) is 1. The van der Waals surface area contributed by atoms with Crippen molar-refractivity contribution in [3.63, 3.8) is 0 Å². The van der Waals surface area contributed by atoms with Crippen LogP contribution in [-0.4, -0.2) is 15.9 Å². The molecule has 5 heteroatoms. The van der Waals surface area contributed by atoms with Crippen LogP contribution in [0.1, 0.15) is 32.4 Å². The Labute approximate surface area is 113 Å². The van der Waals surface area contributed by atoms with Crippen LogP contribution in [0.25, 0.3) is 0 Å². The fourth-order valence-corrected chi connectivity index (χ4v) is 2.27. The summed E-state index contributed by atoms with van der Waals surface area (Å²) in [5, 5.41) is 2.87. The Morgan fingerprint density at radius 2 is 2.11 bits per heavy atom. The van der Waals surface area contributed by atoms with Gasteiger partial charge in [0.15, 0.2) is 0 Å². The van der Waals surface area contributed by atoms with Crippen LogP contribution in [0.3, 0.4) is 0 Å². The van der Waals surface area contributed by atoms with Crippen molar-refractivity contribution >= 4 is 28.8 Å². The van der Waals surface area contributed by atoms with E-state index in [0.29, 0.717) is 18.5 Å². The summed E-state index contributed by atoms with van der Waals surface area (Å²) in [5.74, 6) is -0.156. The van der Waals surface area contributed by atoms with Gasteiger partial charge in [-0.25, -0.2) is 0 Å². The van der Waals surface area contributed by atoms with E-state index in [1.54, 1.807) is 12.3 Å². The maximum atomic E-state index is 12.4. The Hall–Kier alpha value is -1.49. The van der Waals surface area contributed by atoms with Gasteiger partial charge in [-0.3, -0.25) is 9.78 Å². The molecule has 0 aromatic carbocycles. The molecule has 1 rings (SSSR count). The number of nitrogens with two attached hydrogens (primary N) is 1. The van der Waals surface area contributed by atoms with Crippen molar-refractivity contribution < 1.29 is 4.79 Å². The first-order valence-electron chi connectivity index (χ1n) is 6.01. The third kappa shape index (κ3) is 2.67. The normalized spacial score (nSPS) is 11.1. The number of nitrogens with one attached hydrogen (secondary N) is 1. The second kappa shape index (κ2) is 5.91. The molecule has 1 heterocycles. The maximum absolute atomic E-state index is 12.4. The van der Waals surface area contributed by atoms with Crippen LogP contribution in [-0.2, 0) is 4.79 Å². The zero-order valence-electron chi connectivity index (χ0n) is 11.0. The third-order valence-corrected chi connectivity index (χ3v) is 3.76. The van der Waals surface area contributed by atoms with Crippen molar-refractivity contribution in [3.05, 3.63) is 24.0 Å². The smallest absolute Gasteiger partial charge is 0.237 e. The molecule has 0 saturated carbocycles. The van der Waals surface area contributed by atoms with E-state index in [1.165, 1.54) is 0 Å². The van der Waals surface area contributed by atoms with E-state index in [2.05, 4.69) is 10.3 Å². The second-order valence-corrected chi connectivity index (χ2v) is 4.68. The summed E-state index contributed by atoms with van der Waals surface area (Å²) >= 11 is 5.05. The Bertz CT molecular complexity index is 455. The van der Waals surface area contributed by atoms with Gasteiger partial charge in [-0.15, -0.1) is 0 Å². The molecular weight excluding hydrogens is 246 g/mol. The highest BCUT2D eigenvalue weighted by Gasteiger charge is 2.38. The zero-order chi connectivity index (χ0) is 13.8. The van der Waals surface area contributed by atoms with E-state index < -0.39 is 5.41 Å². The Morgan fingerprint density at radius 1 is 1.50 bits per heavy atom. The maximum Gasteiger partial charge on any atom is 0.237 e. The second-order valence-electron chi connectivity index (χ2n) is 4.24. The molecule has 1 aromatic rings. The molecule has 3 N–H and O–H groups in total. The molecule has 0 fully saturated rings. The van der Waals surface area contributed by atoms with E-state index in [4.69, 9.17) is 18.0 Å². The van der Waals surface area contributed by atoms with Crippen LogP contribution in [0.4, 0.5) is 5.69 Å². The third-order valence-electron chi connectivity index (χ3n) is 3.37. The molecular formula is C13H19N3OS. The van der Waals surface area contributed by atoms with Crippen molar-refractivity contribution in [3.8, 4) is 0 Å². The lowest BCUT2D eigenvalue weighted by Gasteiger charge is -2.29. The molecule has 0 saturated heterocycles. The van der Waals surface area contributed by atoms with Crippen LogP contribution < -0.4 is 11.1 Å². The Kier molecular flexibility index (Phi) is 4.78. The molecule has 0 unspecified atom stereocenters. The van der Waals surface area contributed by atoms with Crippen LogP contribution in [0.15, 0.2) is 18.3 Å². The lowest BCUT2D eigenvalue weighted by molar-refractivity contribution is -0.122. The number of thiocarbonyl (C=S) groups is 1. The molecule has 18 heavy (non-hydrogen) atoms. The minimum Gasteiger partial charge on any atom is -0.392 e. The number of anilines is 1. The average Bonchev–Trinajstić information content (AvgIpc) is 2.34. The van der Waals surface area contributed by atoms with Gasteiger partial charge in [0.25, 0.3) is 0 Å². The monoisotopic (exact) mass is 265 g/mol. The standard InChI is InChI=1S/C13H19N3OS/c1-4-13(5-2,11(14)18)12(17)16-10-7-6-8-15-9(10)3/h6-8H,4-5H2,1-3H3,(H2,14,18)(H,16,17). The van der Waals surface area contributed by atoms with E-state index in [9.17, 15) is 4.79 Å². The zero-order valence-corrected chi connectivity index (χ0v) is 11.8. The van der Waals surface area contributed by atoms with Gasteiger partial charge in [-0.1, -0.05) is 26.1 Å². The van der Waals surface area contributed by atoms with Crippen molar-refractivity contribution in [1.82, 2.24) is 4.98 Å². The van der Waals surface area contributed by atoms with Gasteiger partial charge in [0.2, 0.25) is 5.91 Å². The molecule has 0 radical (unpaired) electrons. The summed E-state index contributed by atoms with van der Waals surface area (Å²) in [6, 6.07) is 3.60. The number of aryl methyl sites for hydroxylation is 1. The highest BCUT2D eigenvalue weighted by atomic mass is 32.1. The number of carbonyl (C=O) groups excluding carboxylic acids is 1. The number of hydrogen-bond acceptors (Lipinski definition) is 3. The number of aromatic nitrogens is 1. The van der Waals surface area contributed by atoms with Gasteiger partial charge in [0, 0.05) is 6.20 Å². The van der Waals surface area contributed by atoms with E-state index in [0.717, 1.165) is 5.69 Å². The first kappa shape index (κ1) is 14.6. The Balaban J connectivity index is 3.00. The van der Waals surface area contributed by atoms with Crippen molar-refractivity contribution in [1.29, 1.82) is 0 Å². The van der Waals surface area contributed by atoms with Crippen molar-refractivity contribution in [2.45, 2.75) is 33.6 Å². The minimum absolute atomic E-state index is 0.156. The van der Waals surface area contributed by atoms with Gasteiger partial charge in [0.05, 0.1) is 21.8 Å². The summed E-state index contributed by atoms with van der Waals surface area (Å²) in [7, 11) is 0. The molecule has 1 amide bonds. The SMILES string of the molecule is CCC(CC)(C(=O)Nc1cccnc1C)C(N)=S. The van der Waals surface area contributed by atoms with E-state index >= 15 is 0 Å². The van der Waals surface area contributed by atoms with Crippen LogP contribution in [0.2, 0.25) is 0 Å². The molecule has 0 aliphatic carbocycles. The summed E-state index contributed by atoms with van der Waals surface area (Å²) in [6.45, 7) is 5.67. The Morgan fingerprint density at radius 3 is 2.56 bits per heavy atom. The predicted molar refractivity (Wildman–Crippen MR) is 77.4 cm³/mol. The molecule has 0 atom stereocenters. The highest BCUT2D eigenvalue weighted by Crippen LogP contribution is 2.29. The first-order chi connectivity index (χ1) is 8.47. The van der Waals surface area contributed by atoms with E-state index in [-0.39, 0.29) is 10.9 Å². The topological polar surface area (TPSA) is 68.0 Å². The van der Waals surface area contributed by atoms with Gasteiger partial charge < -0.3 is 11.1 Å². The number of amides is 1. The van der Waals surface area contributed by atoms with Gasteiger partial charge in [-0.05, 0) is 31.9 Å². The number of carbonyl (C=O) groups is 1. The predicted octanol–water partition coefficient (Wildman–Crippen LogP) is 2.42. The van der Waals surface area contributed by atoms with Gasteiger partial charge in [0.1, 0.15) is 0 Å². The van der Waals surface area contributed by atoms with Gasteiger partial charge >= 0.3 is 0 Å². The molecule has 0 spiro atoms. The highest BCUT2D eigenvalue weighted by molar-refractivity contribution is 7.80. The molecule has 0 aliphatic rings. The summed E-state index contributed by atoms with van der Waals surface area (Å²) < 4.78 is 0. The fraction of sp³-hybridized carbons (Fsp3) is 0.462. The van der Waals surface area contributed by atoms with E-state index in [1.807, 2.05) is 26.8 Å². The average molecular weight is 265 g/mol. The first-order valence-corrected chi connectivity index (χ1v) is 6.41. The van der Waals surface area contributed by atoms with Crippen LogP contribution in [0.5, 0.6) is 0 Å². The van der Waals surface area contributed by atoms with Crippen molar-refractivity contribution in [2.24, 2.45) is 11.1 Å². The minimum atomic E-state index is -0.780. The molecule has 4 nitrogen and oxygen atoms in total. The summed E-state index contributed by atoms with van der Waals surface area (Å²) in [4.78, 5) is 16.8. The van der Waals surface area contributed by atoms with Gasteiger partial charge in [-0.2, -0.15) is 0 Å². The van der Waals surface area contributed by atoms with Crippen LogP contribution >= 0.6 is 12.2 Å². The largest absolute Gasteiger partial charge is 0.392 e. The number of rotatable bonds is 5.